The maximum Gasteiger partial charge on any atom is -0.0266 e. The Morgan fingerprint density at radius 1 is 0.476 bits per heavy atom. The minimum Gasteiger partial charge on any atom is -0.0528 e. The second kappa shape index (κ2) is 6.25. The quantitative estimate of drug-likeness (QED) is 0.501. The van der Waals surface area contributed by atoms with E-state index in [2.05, 4.69) is 0 Å². The molecule has 5 aliphatic rings. The zero-order chi connectivity index (χ0) is 14.1. The van der Waals surface area contributed by atoms with Gasteiger partial charge >= 0.3 is 0 Å². The van der Waals surface area contributed by atoms with Crippen LogP contribution in [0.15, 0.2) is 0 Å². The standard InChI is InChI=1S/C21H36/c1-5-17-6-2-10-19(9-1)20(12-11-17)21-14-3-7-18(13-16-21)8-4-15-21/h17-20H,1-16H2. The number of fused-ring (bicyclic) bond motifs is 10. The van der Waals surface area contributed by atoms with E-state index in [-0.39, 0.29) is 0 Å². The highest BCUT2D eigenvalue weighted by Crippen LogP contribution is 2.56. The highest BCUT2D eigenvalue weighted by molar-refractivity contribution is 4.96. The van der Waals surface area contributed by atoms with Crippen LogP contribution in [0.1, 0.15) is 103 Å². The summed E-state index contributed by atoms with van der Waals surface area (Å²) in [5.41, 5.74) is 0.801. The molecule has 5 aliphatic carbocycles. The third-order valence-electron chi connectivity index (χ3n) is 8.24. The molecule has 0 heteroatoms. The Kier molecular flexibility index (Phi) is 4.34. The van der Waals surface area contributed by atoms with Gasteiger partial charge in [0.05, 0.1) is 0 Å². The fourth-order valence-electron chi connectivity index (χ4n) is 7.12. The van der Waals surface area contributed by atoms with Crippen LogP contribution in [0.3, 0.4) is 0 Å². The fourth-order valence-corrected chi connectivity index (χ4v) is 7.12. The Hall–Kier alpha value is 0. The molecule has 0 aromatic rings. The van der Waals surface area contributed by atoms with Crippen molar-refractivity contribution in [1.29, 1.82) is 0 Å². The molecule has 0 spiro atoms. The molecule has 0 saturated heterocycles. The van der Waals surface area contributed by atoms with Crippen LogP contribution in [0.5, 0.6) is 0 Å². The monoisotopic (exact) mass is 288 g/mol. The van der Waals surface area contributed by atoms with Gasteiger partial charge in [-0.25, -0.2) is 0 Å². The van der Waals surface area contributed by atoms with Gasteiger partial charge < -0.3 is 0 Å². The summed E-state index contributed by atoms with van der Waals surface area (Å²) in [7, 11) is 0. The van der Waals surface area contributed by atoms with E-state index in [9.17, 15) is 0 Å². The van der Waals surface area contributed by atoms with E-state index < -0.39 is 0 Å². The van der Waals surface area contributed by atoms with Crippen LogP contribution in [0.25, 0.3) is 0 Å². The Morgan fingerprint density at radius 3 is 1.81 bits per heavy atom. The van der Waals surface area contributed by atoms with Crippen molar-refractivity contribution in [2.24, 2.45) is 29.1 Å². The predicted octanol–water partition coefficient (Wildman–Crippen LogP) is 6.73. The first-order valence-corrected chi connectivity index (χ1v) is 10.4. The van der Waals surface area contributed by atoms with E-state index in [1.165, 1.54) is 0 Å². The van der Waals surface area contributed by atoms with Gasteiger partial charge in [0.25, 0.3) is 0 Å². The van der Waals surface area contributed by atoms with Gasteiger partial charge in [0.15, 0.2) is 0 Å². The van der Waals surface area contributed by atoms with Crippen molar-refractivity contribution < 1.29 is 0 Å². The van der Waals surface area contributed by atoms with Crippen molar-refractivity contribution >= 4 is 0 Å². The zero-order valence-electron chi connectivity index (χ0n) is 14.1. The van der Waals surface area contributed by atoms with Crippen LogP contribution in [-0.4, -0.2) is 0 Å². The molecule has 0 nitrogen and oxygen atoms in total. The number of rotatable bonds is 1. The van der Waals surface area contributed by atoms with Gasteiger partial charge in [-0.05, 0) is 61.2 Å². The fraction of sp³-hybridized carbons (Fsp3) is 1.00. The number of hydrogen-bond donors (Lipinski definition) is 0. The Labute approximate surface area is 132 Å². The highest BCUT2D eigenvalue weighted by Gasteiger charge is 2.45. The summed E-state index contributed by atoms with van der Waals surface area (Å²) in [6.45, 7) is 0. The van der Waals surface area contributed by atoms with Gasteiger partial charge in [0, 0.05) is 0 Å². The molecule has 0 aromatic heterocycles. The Morgan fingerprint density at radius 2 is 1.10 bits per heavy atom. The lowest BCUT2D eigenvalue weighted by atomic mass is 9.58. The third kappa shape index (κ3) is 2.93. The van der Waals surface area contributed by atoms with Crippen molar-refractivity contribution in [1.82, 2.24) is 0 Å². The Balaban J connectivity index is 1.59. The molecular weight excluding hydrogens is 252 g/mol. The first kappa shape index (κ1) is 14.6. The summed E-state index contributed by atoms with van der Waals surface area (Å²) >= 11 is 0. The van der Waals surface area contributed by atoms with Crippen LogP contribution in [0.4, 0.5) is 0 Å². The van der Waals surface area contributed by atoms with Gasteiger partial charge in [0.2, 0.25) is 0 Å². The number of hydrogen-bond acceptors (Lipinski definition) is 0. The molecule has 120 valence electrons. The van der Waals surface area contributed by atoms with Crippen LogP contribution >= 0.6 is 0 Å². The maximum atomic E-state index is 1.61. The lowest BCUT2D eigenvalue weighted by Crippen LogP contribution is -2.37. The molecule has 0 radical (unpaired) electrons. The average molecular weight is 289 g/mol. The molecule has 1 unspecified atom stereocenters. The predicted molar refractivity (Wildman–Crippen MR) is 90.3 cm³/mol. The van der Waals surface area contributed by atoms with Gasteiger partial charge in [-0.2, -0.15) is 0 Å². The Bertz CT molecular complexity index is 324. The van der Waals surface area contributed by atoms with Crippen molar-refractivity contribution in [2.75, 3.05) is 0 Å². The molecule has 5 fully saturated rings. The molecule has 0 N–H and O–H groups in total. The molecular formula is C21H36. The highest BCUT2D eigenvalue weighted by atomic mass is 14.5. The summed E-state index contributed by atoms with van der Waals surface area (Å²) < 4.78 is 0. The lowest BCUT2D eigenvalue weighted by Gasteiger charge is -2.48. The van der Waals surface area contributed by atoms with Crippen molar-refractivity contribution in [3.05, 3.63) is 0 Å². The summed E-state index contributed by atoms with van der Waals surface area (Å²) in [6, 6.07) is 0. The first-order valence-electron chi connectivity index (χ1n) is 10.4. The van der Waals surface area contributed by atoms with E-state index >= 15 is 0 Å². The first-order chi connectivity index (χ1) is 10.4. The SMILES string of the molecule is C1CC2CCCC(C1)C(C13CCCC(CCC1)CC3)CC2. The summed E-state index contributed by atoms with van der Waals surface area (Å²) in [4.78, 5) is 0. The zero-order valence-corrected chi connectivity index (χ0v) is 14.1. The van der Waals surface area contributed by atoms with Crippen LogP contribution < -0.4 is 0 Å². The topological polar surface area (TPSA) is 0 Å². The molecule has 4 bridgehead atoms. The molecule has 1 atom stereocenters. The molecule has 0 heterocycles. The lowest BCUT2D eigenvalue weighted by molar-refractivity contribution is 0.0282. The molecule has 0 amide bonds. The average Bonchev–Trinajstić information content (AvgIpc) is 2.70. The van der Waals surface area contributed by atoms with E-state index in [0.717, 1.165) is 29.1 Å². The van der Waals surface area contributed by atoms with E-state index in [1.807, 2.05) is 0 Å². The molecule has 5 saturated carbocycles. The largest absolute Gasteiger partial charge is 0.0528 e. The van der Waals surface area contributed by atoms with Crippen LogP contribution in [-0.2, 0) is 0 Å². The normalized spacial score (nSPS) is 48.0. The molecule has 0 aromatic carbocycles. The van der Waals surface area contributed by atoms with Gasteiger partial charge in [-0.15, -0.1) is 0 Å². The van der Waals surface area contributed by atoms with Crippen molar-refractivity contribution in [3.8, 4) is 0 Å². The van der Waals surface area contributed by atoms with Crippen LogP contribution in [0.2, 0.25) is 0 Å². The molecule has 0 aliphatic heterocycles. The summed E-state index contributed by atoms with van der Waals surface area (Å²) in [6.07, 6.45) is 25.3. The summed E-state index contributed by atoms with van der Waals surface area (Å²) in [5, 5.41) is 0. The van der Waals surface area contributed by atoms with Crippen molar-refractivity contribution in [2.45, 2.75) is 103 Å². The van der Waals surface area contributed by atoms with Crippen molar-refractivity contribution in [3.63, 3.8) is 0 Å². The maximum absolute atomic E-state index is 1.61. The van der Waals surface area contributed by atoms with E-state index in [4.69, 9.17) is 0 Å². The van der Waals surface area contributed by atoms with Gasteiger partial charge in [-0.1, -0.05) is 70.6 Å². The second-order valence-electron chi connectivity index (χ2n) is 9.22. The minimum atomic E-state index is 0.801. The molecule has 21 heavy (non-hydrogen) atoms. The van der Waals surface area contributed by atoms with Gasteiger partial charge in [0.1, 0.15) is 0 Å². The third-order valence-corrected chi connectivity index (χ3v) is 8.24. The summed E-state index contributed by atoms with van der Waals surface area (Å²) in [5.74, 6) is 4.45. The second-order valence-corrected chi connectivity index (χ2v) is 9.22. The van der Waals surface area contributed by atoms with Gasteiger partial charge in [-0.3, -0.25) is 0 Å². The van der Waals surface area contributed by atoms with E-state index in [1.54, 1.807) is 103 Å². The minimum absolute atomic E-state index is 0.801. The van der Waals surface area contributed by atoms with Crippen LogP contribution in [0, 0.1) is 29.1 Å². The smallest absolute Gasteiger partial charge is 0.0266 e. The molecule has 5 rings (SSSR count). The van der Waals surface area contributed by atoms with E-state index in [0.29, 0.717) is 0 Å².